The van der Waals surface area contributed by atoms with Crippen LogP contribution in [-0.4, -0.2) is 66.7 Å². The second-order valence-electron chi connectivity index (χ2n) is 5.92. The number of likely N-dealkylation sites (tertiary alicyclic amines) is 1. The van der Waals surface area contributed by atoms with E-state index in [4.69, 9.17) is 0 Å². The van der Waals surface area contributed by atoms with Gasteiger partial charge < -0.3 is 9.80 Å². The number of amides is 1. The van der Waals surface area contributed by atoms with E-state index in [9.17, 15) is 4.79 Å². The van der Waals surface area contributed by atoms with E-state index in [2.05, 4.69) is 35.3 Å². The minimum absolute atomic E-state index is 0.527. The maximum Gasteiger partial charge on any atom is 0.215 e. The highest BCUT2D eigenvalue weighted by Gasteiger charge is 2.20. The Labute approximate surface area is 133 Å². The standard InChI is InChI=1S/C17H26N4O/c1-15-7-6-10-21(15)12-11-19(3)17-8-4-5-9-20(14-22)13-18-16(17)2/h4-5,8,13-15H,2,6-7,9-12H2,1,3H3/b5-4-,17-8+,18-13-. The molecule has 0 saturated carbocycles. The molecule has 1 fully saturated rings. The lowest BCUT2D eigenvalue weighted by atomic mass is 10.2. The number of hydrogen-bond acceptors (Lipinski definition) is 4. The topological polar surface area (TPSA) is 39.2 Å². The van der Waals surface area contributed by atoms with Crippen LogP contribution in [0.15, 0.2) is 41.2 Å². The molecule has 1 unspecified atom stereocenters. The van der Waals surface area contributed by atoms with Gasteiger partial charge in [-0.1, -0.05) is 18.7 Å². The highest BCUT2D eigenvalue weighted by atomic mass is 16.1. The lowest BCUT2D eigenvalue weighted by molar-refractivity contribution is -0.114. The molecule has 0 radical (unpaired) electrons. The van der Waals surface area contributed by atoms with E-state index in [0.29, 0.717) is 18.3 Å². The quantitative estimate of drug-likeness (QED) is 0.728. The van der Waals surface area contributed by atoms with Crippen LogP contribution >= 0.6 is 0 Å². The van der Waals surface area contributed by atoms with Gasteiger partial charge in [0.1, 0.15) is 0 Å². The lowest BCUT2D eigenvalue weighted by Gasteiger charge is -2.27. The third kappa shape index (κ3) is 4.31. The summed E-state index contributed by atoms with van der Waals surface area (Å²) >= 11 is 0. The molecule has 5 nitrogen and oxygen atoms in total. The SMILES string of the molecule is C=C1/N=C\N(C=O)C/C=C\C=C/1N(C)CCN1CCCC1C. The first-order valence-electron chi connectivity index (χ1n) is 7.88. The average molecular weight is 302 g/mol. The van der Waals surface area contributed by atoms with Crippen molar-refractivity contribution in [2.75, 3.05) is 33.2 Å². The number of nitrogens with zero attached hydrogens (tertiary/aromatic N) is 4. The van der Waals surface area contributed by atoms with E-state index < -0.39 is 0 Å². The number of likely N-dealkylation sites (N-methyl/N-ethyl adjacent to an activating group) is 1. The summed E-state index contributed by atoms with van der Waals surface area (Å²) in [6, 6.07) is 0.685. The van der Waals surface area contributed by atoms with Crippen LogP contribution in [0, 0.1) is 0 Å². The van der Waals surface area contributed by atoms with Gasteiger partial charge in [0, 0.05) is 32.7 Å². The van der Waals surface area contributed by atoms with Crippen molar-refractivity contribution in [3.05, 3.63) is 36.2 Å². The fourth-order valence-electron chi connectivity index (χ4n) is 2.84. The summed E-state index contributed by atoms with van der Waals surface area (Å²) in [5, 5.41) is 0. The van der Waals surface area contributed by atoms with Gasteiger partial charge >= 0.3 is 0 Å². The monoisotopic (exact) mass is 302 g/mol. The molecule has 0 spiro atoms. The van der Waals surface area contributed by atoms with Gasteiger partial charge in [0.25, 0.3) is 0 Å². The molecule has 22 heavy (non-hydrogen) atoms. The summed E-state index contributed by atoms with van der Waals surface area (Å²) in [5.41, 5.74) is 1.67. The highest BCUT2D eigenvalue weighted by molar-refractivity contribution is 5.73. The first-order chi connectivity index (χ1) is 10.6. The molecule has 0 aromatic heterocycles. The molecule has 1 amide bonds. The number of carbonyl (C=O) groups excluding carboxylic acids is 1. The molecule has 120 valence electrons. The number of allylic oxidation sites excluding steroid dienone is 2. The predicted molar refractivity (Wildman–Crippen MR) is 90.5 cm³/mol. The zero-order valence-corrected chi connectivity index (χ0v) is 13.6. The molecule has 0 bridgehead atoms. The highest BCUT2D eigenvalue weighted by Crippen LogP contribution is 2.18. The van der Waals surface area contributed by atoms with Crippen LogP contribution in [-0.2, 0) is 4.79 Å². The second-order valence-corrected chi connectivity index (χ2v) is 5.92. The number of carbonyl (C=O) groups is 1. The summed E-state index contributed by atoms with van der Waals surface area (Å²) in [7, 11) is 2.07. The summed E-state index contributed by atoms with van der Waals surface area (Å²) in [4.78, 5) is 21.4. The summed E-state index contributed by atoms with van der Waals surface area (Å²) in [5.74, 6) is 0. The molecule has 2 rings (SSSR count). The van der Waals surface area contributed by atoms with Crippen LogP contribution in [0.3, 0.4) is 0 Å². The zero-order valence-electron chi connectivity index (χ0n) is 13.6. The van der Waals surface area contributed by atoms with Crippen molar-refractivity contribution < 1.29 is 4.79 Å². The fourth-order valence-corrected chi connectivity index (χ4v) is 2.84. The summed E-state index contributed by atoms with van der Waals surface area (Å²) in [6.45, 7) is 10.0. The average Bonchev–Trinajstić information content (AvgIpc) is 2.95. The van der Waals surface area contributed by atoms with Gasteiger partial charge in [-0.15, -0.1) is 0 Å². The minimum Gasteiger partial charge on any atom is -0.372 e. The zero-order chi connectivity index (χ0) is 15.9. The molecular formula is C17H26N4O. The molecule has 2 aliphatic heterocycles. The summed E-state index contributed by atoms with van der Waals surface area (Å²) in [6.07, 6.45) is 10.8. The van der Waals surface area contributed by atoms with Crippen molar-refractivity contribution >= 4 is 12.7 Å². The summed E-state index contributed by atoms with van der Waals surface area (Å²) < 4.78 is 0. The Morgan fingerprint density at radius 1 is 1.55 bits per heavy atom. The molecular weight excluding hydrogens is 276 g/mol. The Kier molecular flexibility index (Phi) is 5.95. The Balaban J connectivity index is 1.98. The predicted octanol–water partition coefficient (Wildman–Crippen LogP) is 1.86. The minimum atomic E-state index is 0.527. The third-order valence-electron chi connectivity index (χ3n) is 4.32. The lowest BCUT2D eigenvalue weighted by Crippen LogP contribution is -2.35. The van der Waals surface area contributed by atoms with Crippen molar-refractivity contribution in [1.29, 1.82) is 0 Å². The first kappa shape index (κ1) is 16.5. The van der Waals surface area contributed by atoms with Gasteiger partial charge in [0.15, 0.2) is 0 Å². The van der Waals surface area contributed by atoms with E-state index >= 15 is 0 Å². The van der Waals surface area contributed by atoms with Gasteiger partial charge in [0.2, 0.25) is 6.41 Å². The van der Waals surface area contributed by atoms with E-state index in [1.807, 2.05) is 18.2 Å². The molecule has 1 saturated heterocycles. The van der Waals surface area contributed by atoms with Crippen molar-refractivity contribution in [1.82, 2.24) is 14.7 Å². The number of hydrogen-bond donors (Lipinski definition) is 0. The van der Waals surface area contributed by atoms with Gasteiger partial charge in [-0.05, 0) is 32.4 Å². The number of rotatable bonds is 5. The molecule has 0 aromatic rings. The van der Waals surface area contributed by atoms with Crippen LogP contribution in [0.1, 0.15) is 19.8 Å². The van der Waals surface area contributed by atoms with Crippen molar-refractivity contribution in [3.63, 3.8) is 0 Å². The molecule has 2 heterocycles. The van der Waals surface area contributed by atoms with Crippen LogP contribution in [0.4, 0.5) is 0 Å². The molecule has 0 aliphatic carbocycles. The molecule has 0 aromatic carbocycles. The van der Waals surface area contributed by atoms with E-state index in [1.54, 1.807) is 0 Å². The van der Waals surface area contributed by atoms with E-state index in [-0.39, 0.29) is 0 Å². The van der Waals surface area contributed by atoms with Gasteiger partial charge in [-0.2, -0.15) is 0 Å². The maximum absolute atomic E-state index is 10.9. The normalized spacial score (nSPS) is 28.3. The Bertz CT molecular complexity index is 495. The second kappa shape index (κ2) is 7.94. The maximum atomic E-state index is 10.9. The Morgan fingerprint density at radius 3 is 3.05 bits per heavy atom. The molecule has 1 atom stereocenters. The van der Waals surface area contributed by atoms with Gasteiger partial charge in [-0.25, -0.2) is 4.99 Å². The van der Waals surface area contributed by atoms with Crippen LogP contribution in [0.5, 0.6) is 0 Å². The molecule has 5 heteroatoms. The third-order valence-corrected chi connectivity index (χ3v) is 4.32. The Hall–Kier alpha value is -1.88. The molecule has 0 N–H and O–H groups in total. The molecule has 2 aliphatic rings. The Morgan fingerprint density at radius 2 is 2.36 bits per heavy atom. The van der Waals surface area contributed by atoms with E-state index in [1.165, 1.54) is 30.6 Å². The van der Waals surface area contributed by atoms with Gasteiger partial charge in [-0.3, -0.25) is 9.69 Å². The van der Waals surface area contributed by atoms with E-state index in [0.717, 1.165) is 25.2 Å². The van der Waals surface area contributed by atoms with Crippen LogP contribution in [0.2, 0.25) is 0 Å². The van der Waals surface area contributed by atoms with Crippen molar-refractivity contribution in [2.24, 2.45) is 4.99 Å². The van der Waals surface area contributed by atoms with Crippen LogP contribution < -0.4 is 0 Å². The largest absolute Gasteiger partial charge is 0.372 e. The first-order valence-corrected chi connectivity index (χ1v) is 7.88. The smallest absolute Gasteiger partial charge is 0.215 e. The van der Waals surface area contributed by atoms with Crippen LogP contribution in [0.25, 0.3) is 0 Å². The van der Waals surface area contributed by atoms with Crippen molar-refractivity contribution in [2.45, 2.75) is 25.8 Å². The number of aliphatic imine (C=N–C) groups is 1. The van der Waals surface area contributed by atoms with Gasteiger partial charge in [0.05, 0.1) is 17.7 Å². The van der Waals surface area contributed by atoms with Crippen molar-refractivity contribution in [3.8, 4) is 0 Å². The fraction of sp³-hybridized carbons (Fsp3) is 0.529.